The molecule has 0 saturated carbocycles. The van der Waals surface area contributed by atoms with Crippen molar-refractivity contribution in [1.82, 2.24) is 5.32 Å². The predicted octanol–water partition coefficient (Wildman–Crippen LogP) is 2.04. The molecule has 0 aliphatic rings. The summed E-state index contributed by atoms with van der Waals surface area (Å²) < 4.78 is 0. The van der Waals surface area contributed by atoms with Crippen molar-refractivity contribution in [3.05, 3.63) is 32.8 Å². The minimum Gasteiger partial charge on any atom is -0.297 e. The highest BCUT2D eigenvalue weighted by atomic mass is 32.1. The van der Waals surface area contributed by atoms with Gasteiger partial charge in [-0.05, 0) is 17.0 Å². The third kappa shape index (κ3) is 3.46. The number of hydrogen-bond acceptors (Lipinski definition) is 4. The Bertz CT molecular complexity index is 346. The Kier molecular flexibility index (Phi) is 4.51. The Labute approximate surface area is 85.6 Å². The van der Waals surface area contributed by atoms with E-state index in [1.54, 1.807) is 11.3 Å². The van der Waals surface area contributed by atoms with Crippen LogP contribution in [0, 0.1) is 11.3 Å². The summed E-state index contributed by atoms with van der Waals surface area (Å²) in [5.41, 5.74) is 8.09. The Morgan fingerprint density at radius 3 is 3.21 bits per heavy atom. The second kappa shape index (κ2) is 6.00. The van der Waals surface area contributed by atoms with Crippen LogP contribution < -0.4 is 5.32 Å². The standard InChI is InChI=1S/C8H9N5S/c9-4-7(5-12-13-10)11-6-8-2-1-3-14-8/h1-3,7,11H,5-6H2. The van der Waals surface area contributed by atoms with Gasteiger partial charge in [0.25, 0.3) is 0 Å². The number of nitrogens with zero attached hydrogens (tertiary/aromatic N) is 4. The first kappa shape index (κ1) is 10.5. The molecule has 0 saturated heterocycles. The zero-order valence-corrected chi connectivity index (χ0v) is 8.24. The number of azide groups is 1. The van der Waals surface area contributed by atoms with Gasteiger partial charge < -0.3 is 0 Å². The fraction of sp³-hybridized carbons (Fsp3) is 0.375. The van der Waals surface area contributed by atoms with Crippen LogP contribution in [0.15, 0.2) is 22.6 Å². The summed E-state index contributed by atoms with van der Waals surface area (Å²) in [4.78, 5) is 3.76. The van der Waals surface area contributed by atoms with Crippen molar-refractivity contribution < 1.29 is 0 Å². The molecule has 0 fully saturated rings. The molecule has 0 spiro atoms. The van der Waals surface area contributed by atoms with Gasteiger partial charge in [0.1, 0.15) is 6.04 Å². The molecule has 14 heavy (non-hydrogen) atoms. The summed E-state index contributed by atoms with van der Waals surface area (Å²) in [5.74, 6) is 0. The smallest absolute Gasteiger partial charge is 0.101 e. The van der Waals surface area contributed by atoms with Crippen LogP contribution in [0.2, 0.25) is 0 Å². The molecule has 72 valence electrons. The van der Waals surface area contributed by atoms with Gasteiger partial charge in [-0.2, -0.15) is 5.26 Å². The molecule has 5 nitrogen and oxygen atoms in total. The molecular weight excluding hydrogens is 198 g/mol. The molecule has 0 aliphatic heterocycles. The molecule has 6 heteroatoms. The number of thiophene rings is 1. The van der Waals surface area contributed by atoms with E-state index in [0.717, 1.165) is 4.88 Å². The van der Waals surface area contributed by atoms with Crippen LogP contribution in [0.3, 0.4) is 0 Å². The number of hydrogen-bond donors (Lipinski definition) is 1. The SMILES string of the molecule is N#CC(CN=[N+]=[N-])NCc1cccs1. The lowest BCUT2D eigenvalue weighted by Gasteiger charge is -2.06. The quantitative estimate of drug-likeness (QED) is 0.455. The van der Waals surface area contributed by atoms with Crippen molar-refractivity contribution in [2.24, 2.45) is 5.11 Å². The van der Waals surface area contributed by atoms with E-state index in [2.05, 4.69) is 15.3 Å². The van der Waals surface area contributed by atoms with Crippen LogP contribution in [-0.4, -0.2) is 12.6 Å². The van der Waals surface area contributed by atoms with Gasteiger partial charge in [-0.25, -0.2) is 0 Å². The van der Waals surface area contributed by atoms with Crippen LogP contribution in [0.5, 0.6) is 0 Å². The lowest BCUT2D eigenvalue weighted by molar-refractivity contribution is 0.612. The maximum atomic E-state index is 8.69. The van der Waals surface area contributed by atoms with Crippen molar-refractivity contribution in [2.45, 2.75) is 12.6 Å². The molecule has 1 heterocycles. The highest BCUT2D eigenvalue weighted by molar-refractivity contribution is 7.09. The van der Waals surface area contributed by atoms with Crippen molar-refractivity contribution in [1.29, 1.82) is 5.26 Å². The van der Waals surface area contributed by atoms with E-state index in [9.17, 15) is 0 Å². The Balaban J connectivity index is 2.35. The van der Waals surface area contributed by atoms with Crippen molar-refractivity contribution >= 4 is 11.3 Å². The molecule has 1 aromatic heterocycles. The summed E-state index contributed by atoms with van der Waals surface area (Å²) in [7, 11) is 0. The van der Waals surface area contributed by atoms with E-state index in [-0.39, 0.29) is 6.54 Å². The summed E-state index contributed by atoms with van der Waals surface area (Å²) in [6.45, 7) is 0.801. The number of rotatable bonds is 5. The van der Waals surface area contributed by atoms with Crippen molar-refractivity contribution in [3.8, 4) is 6.07 Å². The summed E-state index contributed by atoms with van der Waals surface area (Å²) in [5, 5.41) is 17.0. The fourth-order valence-corrected chi connectivity index (χ4v) is 1.56. The van der Waals surface area contributed by atoms with E-state index < -0.39 is 6.04 Å². The lowest BCUT2D eigenvalue weighted by atomic mass is 10.3. The van der Waals surface area contributed by atoms with E-state index in [4.69, 9.17) is 10.8 Å². The molecule has 1 rings (SSSR count). The highest BCUT2D eigenvalue weighted by Gasteiger charge is 2.04. The monoisotopic (exact) mass is 207 g/mol. The highest BCUT2D eigenvalue weighted by Crippen LogP contribution is 2.07. The molecule has 0 aromatic carbocycles. The van der Waals surface area contributed by atoms with E-state index in [0.29, 0.717) is 6.54 Å². The molecular formula is C8H9N5S. The molecule has 0 amide bonds. The first-order valence-corrected chi connectivity index (χ1v) is 4.91. The Hall–Kier alpha value is -1.54. The van der Waals surface area contributed by atoms with Crippen LogP contribution >= 0.6 is 11.3 Å². The zero-order valence-electron chi connectivity index (χ0n) is 7.42. The largest absolute Gasteiger partial charge is 0.297 e. The Morgan fingerprint density at radius 2 is 2.64 bits per heavy atom. The van der Waals surface area contributed by atoms with Crippen molar-refractivity contribution in [3.63, 3.8) is 0 Å². The molecule has 0 bridgehead atoms. The maximum Gasteiger partial charge on any atom is 0.101 e. The van der Waals surface area contributed by atoms with Gasteiger partial charge in [0.15, 0.2) is 0 Å². The minimum absolute atomic E-state index is 0.165. The summed E-state index contributed by atoms with van der Waals surface area (Å²) in [6, 6.07) is 5.56. The van der Waals surface area contributed by atoms with E-state index in [1.807, 2.05) is 23.6 Å². The maximum absolute atomic E-state index is 8.69. The topological polar surface area (TPSA) is 84.6 Å². The first-order chi connectivity index (χ1) is 6.86. The molecule has 1 N–H and O–H groups in total. The van der Waals surface area contributed by atoms with Gasteiger partial charge in [0.2, 0.25) is 0 Å². The molecule has 1 aromatic rings. The third-order valence-electron chi connectivity index (χ3n) is 1.59. The van der Waals surface area contributed by atoms with Crippen LogP contribution in [0.4, 0.5) is 0 Å². The van der Waals surface area contributed by atoms with Gasteiger partial charge in [-0.1, -0.05) is 11.2 Å². The minimum atomic E-state index is -0.409. The third-order valence-corrected chi connectivity index (χ3v) is 2.46. The van der Waals surface area contributed by atoms with Gasteiger partial charge in [-0.3, -0.25) is 5.32 Å². The van der Waals surface area contributed by atoms with Crippen LogP contribution in [0.1, 0.15) is 4.88 Å². The van der Waals surface area contributed by atoms with Crippen molar-refractivity contribution in [2.75, 3.05) is 6.54 Å². The second-order valence-electron chi connectivity index (χ2n) is 2.56. The average Bonchev–Trinajstić information content (AvgIpc) is 2.71. The second-order valence-corrected chi connectivity index (χ2v) is 3.59. The predicted molar refractivity (Wildman–Crippen MR) is 54.6 cm³/mol. The summed E-state index contributed by atoms with van der Waals surface area (Å²) in [6.07, 6.45) is 0. The molecule has 1 atom stereocenters. The number of nitriles is 1. The Morgan fingerprint density at radius 1 is 1.79 bits per heavy atom. The molecule has 1 unspecified atom stereocenters. The first-order valence-electron chi connectivity index (χ1n) is 4.03. The molecule has 0 aliphatic carbocycles. The van der Waals surface area contributed by atoms with E-state index >= 15 is 0 Å². The zero-order chi connectivity index (χ0) is 10.2. The average molecular weight is 207 g/mol. The normalized spacial score (nSPS) is 11.4. The molecule has 0 radical (unpaired) electrons. The van der Waals surface area contributed by atoms with Gasteiger partial charge in [0.05, 0.1) is 12.6 Å². The lowest BCUT2D eigenvalue weighted by Crippen LogP contribution is -2.29. The fourth-order valence-electron chi connectivity index (χ4n) is 0.906. The number of nitrogens with one attached hydrogen (secondary N) is 1. The van der Waals surface area contributed by atoms with Gasteiger partial charge >= 0.3 is 0 Å². The summed E-state index contributed by atoms with van der Waals surface area (Å²) >= 11 is 1.62. The van der Waals surface area contributed by atoms with Gasteiger partial charge in [-0.15, -0.1) is 11.3 Å². The van der Waals surface area contributed by atoms with Crippen LogP contribution in [-0.2, 0) is 6.54 Å². The van der Waals surface area contributed by atoms with Gasteiger partial charge in [0, 0.05) is 16.3 Å². The van der Waals surface area contributed by atoms with E-state index in [1.165, 1.54) is 0 Å². The van der Waals surface area contributed by atoms with Crippen LogP contribution in [0.25, 0.3) is 10.4 Å².